The minimum atomic E-state index is 0.516. The molecule has 3 heterocycles. The molecule has 0 atom stereocenters. The molecule has 0 fully saturated rings. The minimum Gasteiger partial charge on any atom is -0.492 e. The second kappa shape index (κ2) is 5.88. The largest absolute Gasteiger partial charge is 0.492 e. The van der Waals surface area contributed by atoms with Gasteiger partial charge in [0, 0.05) is 12.4 Å². The van der Waals surface area contributed by atoms with Gasteiger partial charge >= 0.3 is 0 Å². The molecule has 4 rings (SSSR count). The lowest BCUT2D eigenvalue weighted by Crippen LogP contribution is -2.10. The fraction of sp³-hybridized carbons (Fsp3) is 0.125. The lowest BCUT2D eigenvalue weighted by molar-refractivity contribution is 0.293. The Hall–Kier alpha value is -3.22. The van der Waals surface area contributed by atoms with Gasteiger partial charge in [0.15, 0.2) is 11.5 Å². The fourth-order valence-electron chi connectivity index (χ4n) is 2.39. The normalized spacial score (nSPS) is 11.0. The number of benzene rings is 1. The van der Waals surface area contributed by atoms with Crippen molar-refractivity contribution in [1.82, 2.24) is 29.5 Å². The van der Waals surface area contributed by atoms with Crippen molar-refractivity contribution in [3.05, 3.63) is 61.3 Å². The zero-order valence-electron chi connectivity index (χ0n) is 12.3. The van der Waals surface area contributed by atoms with E-state index in [1.54, 1.807) is 17.1 Å². The van der Waals surface area contributed by atoms with Crippen LogP contribution in [0.15, 0.2) is 61.3 Å². The first kappa shape index (κ1) is 13.4. The molecule has 1 aromatic carbocycles. The van der Waals surface area contributed by atoms with Crippen LogP contribution in [0.4, 0.5) is 0 Å². The van der Waals surface area contributed by atoms with E-state index < -0.39 is 0 Å². The molecule has 0 N–H and O–H groups in total. The van der Waals surface area contributed by atoms with Gasteiger partial charge in [-0.05, 0) is 18.2 Å². The van der Waals surface area contributed by atoms with Crippen LogP contribution in [-0.4, -0.2) is 36.1 Å². The number of para-hydroxylation sites is 1. The van der Waals surface area contributed by atoms with Crippen LogP contribution in [0.2, 0.25) is 0 Å². The van der Waals surface area contributed by atoms with Gasteiger partial charge < -0.3 is 4.74 Å². The summed E-state index contributed by atoms with van der Waals surface area (Å²) in [6, 6.07) is 11.6. The summed E-state index contributed by atoms with van der Waals surface area (Å²) in [6.07, 6.45) is 6.84. The van der Waals surface area contributed by atoms with Crippen LogP contribution in [0.5, 0.6) is 5.75 Å². The molecule has 0 bridgehead atoms. The second-order valence-corrected chi connectivity index (χ2v) is 4.91. The molecule has 7 nitrogen and oxygen atoms in total. The molecule has 0 spiro atoms. The Kier molecular flexibility index (Phi) is 3.44. The third-order valence-corrected chi connectivity index (χ3v) is 3.45. The SMILES string of the molecule is c1ccc(OCCn2ncc3c(-n4cccn4)ncnc32)cc1. The van der Waals surface area contributed by atoms with Crippen molar-refractivity contribution in [3.63, 3.8) is 0 Å². The van der Waals surface area contributed by atoms with Gasteiger partial charge in [-0.25, -0.2) is 19.3 Å². The highest BCUT2D eigenvalue weighted by Gasteiger charge is 2.11. The van der Waals surface area contributed by atoms with Gasteiger partial charge in [-0.1, -0.05) is 18.2 Å². The maximum absolute atomic E-state index is 5.71. The number of hydrogen-bond donors (Lipinski definition) is 0. The monoisotopic (exact) mass is 306 g/mol. The molecule has 3 aromatic heterocycles. The maximum Gasteiger partial charge on any atom is 0.167 e. The lowest BCUT2D eigenvalue weighted by atomic mass is 10.3. The number of nitrogens with zero attached hydrogens (tertiary/aromatic N) is 6. The van der Waals surface area contributed by atoms with E-state index in [9.17, 15) is 0 Å². The first-order chi connectivity index (χ1) is 11.4. The molecular formula is C16H14N6O. The molecule has 0 saturated carbocycles. The van der Waals surface area contributed by atoms with Crippen LogP contribution in [0.25, 0.3) is 16.9 Å². The lowest BCUT2D eigenvalue weighted by Gasteiger charge is -2.07. The maximum atomic E-state index is 5.71. The number of aromatic nitrogens is 6. The average molecular weight is 306 g/mol. The van der Waals surface area contributed by atoms with Gasteiger partial charge in [0.2, 0.25) is 0 Å². The molecule has 0 aliphatic heterocycles. The summed E-state index contributed by atoms with van der Waals surface area (Å²) in [5.41, 5.74) is 0.766. The topological polar surface area (TPSA) is 70.7 Å². The van der Waals surface area contributed by atoms with E-state index in [2.05, 4.69) is 20.2 Å². The fourth-order valence-corrected chi connectivity index (χ4v) is 2.39. The molecule has 23 heavy (non-hydrogen) atoms. The summed E-state index contributed by atoms with van der Waals surface area (Å²) < 4.78 is 9.23. The molecule has 0 radical (unpaired) electrons. The number of hydrogen-bond acceptors (Lipinski definition) is 5. The molecule has 0 aliphatic rings. The Labute approximate surface area is 132 Å². The Morgan fingerprint density at radius 3 is 2.74 bits per heavy atom. The molecule has 0 unspecified atom stereocenters. The molecule has 114 valence electrons. The first-order valence-corrected chi connectivity index (χ1v) is 7.26. The van der Waals surface area contributed by atoms with Gasteiger partial charge in [0.05, 0.1) is 18.1 Å². The molecular weight excluding hydrogens is 292 g/mol. The molecule has 0 aliphatic carbocycles. The highest BCUT2D eigenvalue weighted by molar-refractivity contribution is 5.81. The molecule has 0 saturated heterocycles. The number of fused-ring (bicyclic) bond motifs is 1. The predicted molar refractivity (Wildman–Crippen MR) is 84.4 cm³/mol. The summed E-state index contributed by atoms with van der Waals surface area (Å²) in [7, 11) is 0. The van der Waals surface area contributed by atoms with Crippen molar-refractivity contribution in [1.29, 1.82) is 0 Å². The third-order valence-electron chi connectivity index (χ3n) is 3.45. The van der Waals surface area contributed by atoms with Gasteiger partial charge in [-0.2, -0.15) is 10.2 Å². The van der Waals surface area contributed by atoms with Crippen LogP contribution in [0, 0.1) is 0 Å². The van der Waals surface area contributed by atoms with Crippen molar-refractivity contribution in [3.8, 4) is 11.6 Å². The highest BCUT2D eigenvalue weighted by atomic mass is 16.5. The van der Waals surface area contributed by atoms with Crippen molar-refractivity contribution in [2.24, 2.45) is 0 Å². The summed E-state index contributed by atoms with van der Waals surface area (Å²) in [5.74, 6) is 1.56. The zero-order valence-corrected chi connectivity index (χ0v) is 12.3. The van der Waals surface area contributed by atoms with E-state index in [1.807, 2.05) is 47.3 Å². The minimum absolute atomic E-state index is 0.516. The van der Waals surface area contributed by atoms with E-state index in [4.69, 9.17) is 4.74 Å². The zero-order chi connectivity index (χ0) is 15.5. The van der Waals surface area contributed by atoms with E-state index in [-0.39, 0.29) is 0 Å². The average Bonchev–Trinajstić information content (AvgIpc) is 3.26. The Balaban J connectivity index is 1.56. The third kappa shape index (κ3) is 2.64. The van der Waals surface area contributed by atoms with Crippen LogP contribution in [0.1, 0.15) is 0 Å². The van der Waals surface area contributed by atoms with Crippen LogP contribution in [0.3, 0.4) is 0 Å². The molecule has 4 aromatic rings. The van der Waals surface area contributed by atoms with Crippen molar-refractivity contribution in [2.45, 2.75) is 6.54 Å². The molecule has 7 heteroatoms. The van der Waals surface area contributed by atoms with Gasteiger partial charge in [-0.15, -0.1) is 0 Å². The van der Waals surface area contributed by atoms with Crippen molar-refractivity contribution >= 4 is 11.0 Å². The Morgan fingerprint density at radius 1 is 1.00 bits per heavy atom. The Bertz CT molecular complexity index is 901. The van der Waals surface area contributed by atoms with Crippen LogP contribution >= 0.6 is 0 Å². The van der Waals surface area contributed by atoms with E-state index in [0.29, 0.717) is 13.2 Å². The van der Waals surface area contributed by atoms with Crippen LogP contribution in [-0.2, 0) is 6.54 Å². The molecule has 0 amide bonds. The summed E-state index contributed by atoms with van der Waals surface area (Å²) in [4.78, 5) is 8.63. The second-order valence-electron chi connectivity index (χ2n) is 4.91. The van der Waals surface area contributed by atoms with E-state index in [1.165, 1.54) is 6.33 Å². The summed E-state index contributed by atoms with van der Waals surface area (Å²) in [5, 5.41) is 9.46. The van der Waals surface area contributed by atoms with E-state index in [0.717, 1.165) is 22.6 Å². The number of rotatable bonds is 5. The van der Waals surface area contributed by atoms with E-state index >= 15 is 0 Å². The Morgan fingerprint density at radius 2 is 1.91 bits per heavy atom. The number of ether oxygens (including phenoxy) is 1. The smallest absolute Gasteiger partial charge is 0.167 e. The summed E-state index contributed by atoms with van der Waals surface area (Å²) in [6.45, 7) is 1.12. The van der Waals surface area contributed by atoms with Gasteiger partial charge in [-0.3, -0.25) is 0 Å². The highest BCUT2D eigenvalue weighted by Crippen LogP contribution is 2.17. The standard InChI is InChI=1S/C16H14N6O/c1-2-5-13(6-3-1)23-10-9-22-16-14(11-20-22)15(17-12-18-16)21-8-4-7-19-21/h1-8,11-12H,9-10H2. The quantitative estimate of drug-likeness (QED) is 0.564. The predicted octanol–water partition coefficient (Wildman–Crippen LogP) is 2.09. The van der Waals surface area contributed by atoms with Gasteiger partial charge in [0.1, 0.15) is 18.7 Å². The summed E-state index contributed by atoms with van der Waals surface area (Å²) >= 11 is 0. The van der Waals surface area contributed by atoms with Crippen LogP contribution < -0.4 is 4.74 Å². The van der Waals surface area contributed by atoms with Crippen molar-refractivity contribution < 1.29 is 4.74 Å². The first-order valence-electron chi connectivity index (χ1n) is 7.26. The van der Waals surface area contributed by atoms with Gasteiger partial charge in [0.25, 0.3) is 0 Å². The van der Waals surface area contributed by atoms with Crippen molar-refractivity contribution in [2.75, 3.05) is 6.61 Å².